The summed E-state index contributed by atoms with van der Waals surface area (Å²) >= 11 is 0. The van der Waals surface area contributed by atoms with E-state index in [9.17, 15) is 9.59 Å². The topological polar surface area (TPSA) is 97.0 Å². The second kappa shape index (κ2) is 3.62. The molecule has 7 heteroatoms. The molecule has 0 fully saturated rings. The van der Waals surface area contributed by atoms with Gasteiger partial charge in [-0.25, -0.2) is 0 Å². The highest BCUT2D eigenvalue weighted by Gasteiger charge is 2.18. The molecule has 0 aliphatic carbocycles. The predicted molar refractivity (Wildman–Crippen MR) is 63.8 cm³/mol. The molecule has 0 aliphatic rings. The van der Waals surface area contributed by atoms with Gasteiger partial charge >= 0.3 is 0 Å². The monoisotopic (exact) mass is 235 g/mol. The molecular weight excluding hydrogens is 222 g/mol. The number of carbonyl (C=O) groups is 1. The SMILES string of the molecule is CN(C)C(=O)c1c[nH]c2nc(N)n(C)c(=O)c12. The number of H-pyrrole nitrogens is 1. The van der Waals surface area contributed by atoms with Gasteiger partial charge in [0.1, 0.15) is 5.65 Å². The Balaban J connectivity index is 2.82. The Morgan fingerprint density at radius 2 is 2.18 bits per heavy atom. The van der Waals surface area contributed by atoms with Crippen LogP contribution in [-0.2, 0) is 7.05 Å². The van der Waals surface area contributed by atoms with Crippen LogP contribution in [0, 0.1) is 0 Å². The van der Waals surface area contributed by atoms with Crippen LogP contribution in [0.25, 0.3) is 11.0 Å². The largest absolute Gasteiger partial charge is 0.369 e. The van der Waals surface area contributed by atoms with E-state index in [1.807, 2.05) is 0 Å². The van der Waals surface area contributed by atoms with Gasteiger partial charge in [-0.2, -0.15) is 4.98 Å². The Kier molecular flexibility index (Phi) is 2.38. The minimum absolute atomic E-state index is 0.105. The van der Waals surface area contributed by atoms with E-state index < -0.39 is 0 Å². The first kappa shape index (κ1) is 11.2. The molecule has 17 heavy (non-hydrogen) atoms. The molecule has 3 N–H and O–H groups in total. The van der Waals surface area contributed by atoms with Gasteiger partial charge in [-0.3, -0.25) is 14.2 Å². The molecule has 0 aliphatic heterocycles. The van der Waals surface area contributed by atoms with Crippen LogP contribution in [-0.4, -0.2) is 39.4 Å². The number of carbonyl (C=O) groups excluding carboxylic acids is 1. The van der Waals surface area contributed by atoms with Crippen LogP contribution in [0.4, 0.5) is 5.95 Å². The number of rotatable bonds is 1. The number of nitrogens with zero attached hydrogens (tertiary/aromatic N) is 3. The first-order valence-corrected chi connectivity index (χ1v) is 4.98. The molecule has 0 radical (unpaired) electrons. The van der Waals surface area contributed by atoms with Crippen molar-refractivity contribution in [3.05, 3.63) is 22.1 Å². The minimum atomic E-state index is -0.334. The van der Waals surface area contributed by atoms with Gasteiger partial charge in [-0.15, -0.1) is 0 Å². The van der Waals surface area contributed by atoms with Crippen molar-refractivity contribution in [1.82, 2.24) is 19.4 Å². The third kappa shape index (κ3) is 1.55. The van der Waals surface area contributed by atoms with Crippen LogP contribution < -0.4 is 11.3 Å². The number of aromatic nitrogens is 3. The lowest BCUT2D eigenvalue weighted by Crippen LogP contribution is -2.25. The fraction of sp³-hybridized carbons (Fsp3) is 0.300. The molecule has 0 saturated heterocycles. The Morgan fingerprint density at radius 1 is 1.53 bits per heavy atom. The maximum absolute atomic E-state index is 12.0. The van der Waals surface area contributed by atoms with Crippen LogP contribution in [0.5, 0.6) is 0 Å². The number of hydrogen-bond acceptors (Lipinski definition) is 4. The van der Waals surface area contributed by atoms with Crippen molar-refractivity contribution < 1.29 is 4.79 Å². The summed E-state index contributed by atoms with van der Waals surface area (Å²) in [5.74, 6) is -0.145. The molecule has 0 unspecified atom stereocenters. The number of aromatic amines is 1. The fourth-order valence-electron chi connectivity index (χ4n) is 1.59. The number of nitrogen functional groups attached to an aromatic ring is 1. The van der Waals surface area contributed by atoms with Crippen molar-refractivity contribution >= 4 is 22.9 Å². The van der Waals surface area contributed by atoms with Crippen molar-refractivity contribution in [2.75, 3.05) is 19.8 Å². The fourth-order valence-corrected chi connectivity index (χ4v) is 1.59. The quantitative estimate of drug-likeness (QED) is 0.699. The zero-order valence-electron chi connectivity index (χ0n) is 9.81. The maximum Gasteiger partial charge on any atom is 0.264 e. The summed E-state index contributed by atoms with van der Waals surface area (Å²) in [6.45, 7) is 0. The molecule has 2 heterocycles. The summed E-state index contributed by atoms with van der Waals surface area (Å²) < 4.78 is 1.21. The van der Waals surface area contributed by atoms with E-state index in [0.29, 0.717) is 11.2 Å². The minimum Gasteiger partial charge on any atom is -0.369 e. The molecule has 0 atom stereocenters. The average Bonchev–Trinajstić information content (AvgIpc) is 2.68. The van der Waals surface area contributed by atoms with Crippen LogP contribution in [0.3, 0.4) is 0 Å². The van der Waals surface area contributed by atoms with E-state index in [-0.39, 0.29) is 22.8 Å². The van der Waals surface area contributed by atoms with E-state index in [2.05, 4.69) is 9.97 Å². The van der Waals surface area contributed by atoms with E-state index in [0.717, 1.165) is 0 Å². The average molecular weight is 235 g/mol. The summed E-state index contributed by atoms with van der Waals surface area (Å²) in [4.78, 5) is 32.1. The van der Waals surface area contributed by atoms with Gasteiger partial charge in [-0.1, -0.05) is 0 Å². The second-order valence-electron chi connectivity index (χ2n) is 3.96. The lowest BCUT2D eigenvalue weighted by molar-refractivity contribution is 0.0829. The molecule has 0 aromatic carbocycles. The third-order valence-corrected chi connectivity index (χ3v) is 2.58. The maximum atomic E-state index is 12.0. The van der Waals surface area contributed by atoms with Gasteiger partial charge in [0, 0.05) is 27.3 Å². The molecule has 2 aromatic rings. The highest BCUT2D eigenvalue weighted by atomic mass is 16.2. The van der Waals surface area contributed by atoms with E-state index in [1.165, 1.54) is 22.7 Å². The first-order valence-electron chi connectivity index (χ1n) is 4.98. The molecule has 0 spiro atoms. The Bertz CT molecular complexity index is 652. The molecule has 2 rings (SSSR count). The molecule has 0 bridgehead atoms. The molecule has 7 nitrogen and oxygen atoms in total. The second-order valence-corrected chi connectivity index (χ2v) is 3.96. The molecule has 0 saturated carbocycles. The standard InChI is InChI=1S/C10H13N5O2/c1-14(2)8(16)5-4-12-7-6(5)9(17)15(3)10(11)13-7/h4,12H,1-3H3,(H2,11,13). The van der Waals surface area contributed by atoms with Crippen molar-refractivity contribution in [2.45, 2.75) is 0 Å². The van der Waals surface area contributed by atoms with Gasteiger partial charge in [0.15, 0.2) is 0 Å². The molecule has 1 amide bonds. The van der Waals surface area contributed by atoms with E-state index in [1.54, 1.807) is 14.1 Å². The highest BCUT2D eigenvalue weighted by molar-refractivity contribution is 6.05. The summed E-state index contributed by atoms with van der Waals surface area (Å²) in [6, 6.07) is 0. The molecule has 90 valence electrons. The van der Waals surface area contributed by atoms with Crippen molar-refractivity contribution in [1.29, 1.82) is 0 Å². The van der Waals surface area contributed by atoms with Gasteiger partial charge in [0.25, 0.3) is 11.5 Å². The third-order valence-electron chi connectivity index (χ3n) is 2.58. The van der Waals surface area contributed by atoms with E-state index in [4.69, 9.17) is 5.73 Å². The normalized spacial score (nSPS) is 10.8. The lowest BCUT2D eigenvalue weighted by atomic mass is 10.2. The smallest absolute Gasteiger partial charge is 0.264 e. The van der Waals surface area contributed by atoms with Crippen LogP contribution in [0.15, 0.2) is 11.0 Å². The zero-order chi connectivity index (χ0) is 12.7. The van der Waals surface area contributed by atoms with Gasteiger partial charge in [0.2, 0.25) is 5.95 Å². The number of nitrogens with one attached hydrogen (secondary N) is 1. The van der Waals surface area contributed by atoms with E-state index >= 15 is 0 Å². The Morgan fingerprint density at radius 3 is 2.76 bits per heavy atom. The van der Waals surface area contributed by atoms with Gasteiger partial charge < -0.3 is 15.6 Å². The number of hydrogen-bond donors (Lipinski definition) is 2. The number of amides is 1. The predicted octanol–water partition coefficient (Wildman–Crippen LogP) is -0.454. The van der Waals surface area contributed by atoms with Gasteiger partial charge in [0.05, 0.1) is 10.9 Å². The summed E-state index contributed by atoms with van der Waals surface area (Å²) in [5, 5.41) is 0.264. The van der Waals surface area contributed by atoms with Crippen molar-refractivity contribution in [2.24, 2.45) is 7.05 Å². The zero-order valence-corrected chi connectivity index (χ0v) is 9.81. The first-order chi connectivity index (χ1) is 7.93. The Hall–Kier alpha value is -2.31. The van der Waals surface area contributed by atoms with Crippen LogP contribution in [0.1, 0.15) is 10.4 Å². The Labute approximate surface area is 96.9 Å². The lowest BCUT2D eigenvalue weighted by Gasteiger charge is -2.09. The highest BCUT2D eigenvalue weighted by Crippen LogP contribution is 2.14. The van der Waals surface area contributed by atoms with Crippen molar-refractivity contribution in [3.63, 3.8) is 0 Å². The van der Waals surface area contributed by atoms with Crippen LogP contribution >= 0.6 is 0 Å². The van der Waals surface area contributed by atoms with Gasteiger partial charge in [-0.05, 0) is 0 Å². The van der Waals surface area contributed by atoms with Crippen molar-refractivity contribution in [3.8, 4) is 0 Å². The molecular formula is C10H13N5O2. The molecule has 2 aromatic heterocycles. The number of fused-ring (bicyclic) bond motifs is 1. The number of anilines is 1. The summed E-state index contributed by atoms with van der Waals surface area (Å²) in [5.41, 5.74) is 5.87. The van der Waals surface area contributed by atoms with Crippen LogP contribution in [0.2, 0.25) is 0 Å². The summed E-state index contributed by atoms with van der Waals surface area (Å²) in [6.07, 6.45) is 1.47. The number of nitrogens with two attached hydrogens (primary N) is 1. The summed E-state index contributed by atoms with van der Waals surface area (Å²) in [7, 11) is 4.76.